The fraction of sp³-hybridized carbons (Fsp3) is 0.222. The second-order valence-electron chi connectivity index (χ2n) is 6.09. The van der Waals surface area contributed by atoms with Crippen molar-refractivity contribution in [2.45, 2.75) is 19.0 Å². The van der Waals surface area contributed by atoms with E-state index < -0.39 is 22.7 Å². The van der Waals surface area contributed by atoms with Crippen LogP contribution in [0.3, 0.4) is 0 Å². The zero-order chi connectivity index (χ0) is 23.5. The van der Waals surface area contributed by atoms with Gasteiger partial charge in [-0.25, -0.2) is 19.9 Å². The number of aryl methyl sites for hydroxylation is 1. The van der Waals surface area contributed by atoms with E-state index >= 15 is 0 Å². The van der Waals surface area contributed by atoms with Crippen molar-refractivity contribution < 1.29 is 27.5 Å². The predicted octanol–water partition coefficient (Wildman–Crippen LogP) is 4.73. The summed E-state index contributed by atoms with van der Waals surface area (Å²) in [5.41, 5.74) is -1.12. The highest BCUT2D eigenvalue weighted by Gasteiger charge is 2.34. The molecule has 3 heterocycles. The summed E-state index contributed by atoms with van der Waals surface area (Å²) in [6.45, 7) is 0. The number of nitrogens with zero attached hydrogens (tertiary/aromatic N) is 4. The molecule has 1 amide bonds. The summed E-state index contributed by atoms with van der Waals surface area (Å²) in [7, 11) is 1.36. The summed E-state index contributed by atoms with van der Waals surface area (Å²) >= 11 is 12.5. The minimum atomic E-state index is -4.69. The highest BCUT2D eigenvalue weighted by atomic mass is 35.5. The van der Waals surface area contributed by atoms with Gasteiger partial charge in [0, 0.05) is 19.0 Å². The number of ketones is 1. The largest absolute Gasteiger partial charge is 0.480 e. The van der Waals surface area contributed by atoms with E-state index in [1.54, 1.807) is 0 Å². The number of amides is 1. The van der Waals surface area contributed by atoms with E-state index in [0.717, 1.165) is 23.9 Å². The van der Waals surface area contributed by atoms with E-state index in [-0.39, 0.29) is 45.9 Å². The van der Waals surface area contributed by atoms with Gasteiger partial charge in [0.05, 0.1) is 28.9 Å². The number of pyridine rings is 1. The molecule has 32 heavy (non-hydrogen) atoms. The molecular formula is C18H12Cl2F3N5O3S. The number of methoxy groups -OCH3 is 1. The Bertz CT molecular complexity index is 1170. The predicted molar refractivity (Wildman–Crippen MR) is 111 cm³/mol. The maximum Gasteiger partial charge on any atom is 0.418 e. The average Bonchev–Trinajstić information content (AvgIpc) is 3.22. The van der Waals surface area contributed by atoms with Gasteiger partial charge < -0.3 is 10.1 Å². The summed E-state index contributed by atoms with van der Waals surface area (Å²) in [6, 6.07) is 0.639. The monoisotopic (exact) mass is 505 g/mol. The van der Waals surface area contributed by atoms with Crippen molar-refractivity contribution in [2.24, 2.45) is 0 Å². The van der Waals surface area contributed by atoms with Gasteiger partial charge in [0.2, 0.25) is 5.88 Å². The van der Waals surface area contributed by atoms with Crippen LogP contribution in [-0.2, 0) is 12.6 Å². The van der Waals surface area contributed by atoms with Crippen LogP contribution in [0.4, 0.5) is 19.0 Å². The number of thiazole rings is 1. The third kappa shape index (κ3) is 5.50. The molecule has 0 fully saturated rings. The molecule has 14 heteroatoms. The van der Waals surface area contributed by atoms with Crippen LogP contribution >= 0.6 is 34.5 Å². The van der Waals surface area contributed by atoms with Gasteiger partial charge in [0.1, 0.15) is 27.7 Å². The maximum absolute atomic E-state index is 12.9. The molecule has 0 saturated carbocycles. The van der Waals surface area contributed by atoms with Gasteiger partial charge in [-0.05, 0) is 6.07 Å². The fourth-order valence-corrected chi connectivity index (χ4v) is 3.77. The maximum atomic E-state index is 12.9. The Morgan fingerprint density at radius 2 is 1.91 bits per heavy atom. The number of carbonyl (C=O) groups is 2. The number of hydrogen-bond donors (Lipinski definition) is 1. The lowest BCUT2D eigenvalue weighted by molar-refractivity contribution is -0.137. The Labute approximate surface area is 192 Å². The molecule has 0 radical (unpaired) electrons. The van der Waals surface area contributed by atoms with Crippen LogP contribution in [0, 0.1) is 0 Å². The first-order chi connectivity index (χ1) is 15.1. The summed E-state index contributed by atoms with van der Waals surface area (Å²) in [6.07, 6.45) is -1.30. The van der Waals surface area contributed by atoms with Crippen LogP contribution in [0.1, 0.15) is 37.2 Å². The number of nitrogens with one attached hydrogen (secondary N) is 1. The Balaban J connectivity index is 1.65. The Morgan fingerprint density at radius 3 is 2.59 bits per heavy atom. The first-order valence-corrected chi connectivity index (χ1v) is 10.2. The molecule has 0 atom stereocenters. The van der Waals surface area contributed by atoms with Crippen molar-refractivity contribution in [1.29, 1.82) is 0 Å². The van der Waals surface area contributed by atoms with Crippen molar-refractivity contribution in [3.63, 3.8) is 0 Å². The van der Waals surface area contributed by atoms with Crippen molar-refractivity contribution in [3.8, 4) is 5.88 Å². The summed E-state index contributed by atoms with van der Waals surface area (Å²) in [4.78, 5) is 40.2. The molecule has 0 spiro atoms. The van der Waals surface area contributed by atoms with E-state index in [1.807, 2.05) is 0 Å². The zero-order valence-electron chi connectivity index (χ0n) is 16.0. The standard InChI is InChI=1S/C18H12Cl2F3N5O3S/c1-31-17-14(20)15(26-7-27-17)10(29)2-3-13-25-6-11(32-13)16(30)28-12-4-8(18(21,22)23)9(19)5-24-12/h4-7H,2-3H2,1H3,(H,24,28,30). The summed E-state index contributed by atoms with van der Waals surface area (Å²) in [5.74, 6) is -1.32. The van der Waals surface area contributed by atoms with E-state index in [1.165, 1.54) is 13.3 Å². The van der Waals surface area contributed by atoms with E-state index in [9.17, 15) is 22.8 Å². The molecule has 0 aliphatic heterocycles. The van der Waals surface area contributed by atoms with Crippen molar-refractivity contribution >= 4 is 52.0 Å². The van der Waals surface area contributed by atoms with Gasteiger partial charge in [0.25, 0.3) is 5.91 Å². The minimum absolute atomic E-state index is 0.00213. The summed E-state index contributed by atoms with van der Waals surface area (Å²) in [5, 5.41) is 2.14. The fourth-order valence-electron chi connectivity index (χ4n) is 2.46. The van der Waals surface area contributed by atoms with Gasteiger partial charge >= 0.3 is 6.18 Å². The molecule has 0 aliphatic carbocycles. The molecule has 0 aliphatic rings. The third-order valence-electron chi connectivity index (χ3n) is 3.96. The van der Waals surface area contributed by atoms with Crippen LogP contribution < -0.4 is 10.1 Å². The van der Waals surface area contributed by atoms with Crippen LogP contribution in [0.15, 0.2) is 24.8 Å². The smallest absolute Gasteiger partial charge is 0.418 e. The molecule has 0 unspecified atom stereocenters. The van der Waals surface area contributed by atoms with Crippen LogP contribution in [0.2, 0.25) is 10.0 Å². The number of alkyl halides is 3. The zero-order valence-corrected chi connectivity index (χ0v) is 18.4. The SMILES string of the molecule is COc1ncnc(C(=O)CCc2ncc(C(=O)Nc3cc(C(F)(F)F)c(Cl)cn3)s2)c1Cl. The van der Waals surface area contributed by atoms with Crippen molar-refractivity contribution in [2.75, 3.05) is 12.4 Å². The number of halogens is 5. The summed E-state index contributed by atoms with van der Waals surface area (Å²) < 4.78 is 43.8. The second-order valence-corrected chi connectivity index (χ2v) is 7.99. The molecule has 3 aromatic heterocycles. The Morgan fingerprint density at radius 1 is 1.16 bits per heavy atom. The van der Waals surface area contributed by atoms with Gasteiger partial charge in [-0.2, -0.15) is 13.2 Å². The number of ether oxygens (including phenoxy) is 1. The third-order valence-corrected chi connectivity index (χ3v) is 5.66. The first kappa shape index (κ1) is 23.8. The highest BCUT2D eigenvalue weighted by molar-refractivity contribution is 7.13. The molecular weight excluding hydrogens is 494 g/mol. The number of carbonyl (C=O) groups excluding carboxylic acids is 2. The van der Waals surface area contributed by atoms with Gasteiger partial charge in [0.15, 0.2) is 5.78 Å². The van der Waals surface area contributed by atoms with Gasteiger partial charge in [-0.15, -0.1) is 11.3 Å². The number of rotatable bonds is 7. The molecule has 0 bridgehead atoms. The topological polar surface area (TPSA) is 107 Å². The molecule has 3 rings (SSSR count). The average molecular weight is 506 g/mol. The molecule has 1 N–H and O–H groups in total. The number of aromatic nitrogens is 4. The molecule has 0 saturated heterocycles. The van der Waals surface area contributed by atoms with Crippen molar-refractivity contribution in [3.05, 3.63) is 56.0 Å². The highest BCUT2D eigenvalue weighted by Crippen LogP contribution is 2.35. The van der Waals surface area contributed by atoms with Gasteiger partial charge in [-0.3, -0.25) is 9.59 Å². The van der Waals surface area contributed by atoms with Crippen LogP contribution in [0.25, 0.3) is 0 Å². The number of hydrogen-bond acceptors (Lipinski definition) is 8. The first-order valence-electron chi connectivity index (χ1n) is 8.66. The molecule has 8 nitrogen and oxygen atoms in total. The molecule has 168 valence electrons. The lowest BCUT2D eigenvalue weighted by Crippen LogP contribution is -2.13. The quantitative estimate of drug-likeness (QED) is 0.462. The number of Topliss-reactive ketones (excluding diaryl/α,β-unsaturated/α-hetero) is 1. The number of anilines is 1. The minimum Gasteiger partial charge on any atom is -0.480 e. The normalized spacial score (nSPS) is 11.3. The van der Waals surface area contributed by atoms with Crippen molar-refractivity contribution in [1.82, 2.24) is 19.9 Å². The van der Waals surface area contributed by atoms with Crippen LogP contribution in [0.5, 0.6) is 5.88 Å². The lowest BCUT2D eigenvalue weighted by atomic mass is 10.1. The van der Waals surface area contributed by atoms with E-state index in [4.69, 9.17) is 27.9 Å². The Kier molecular flexibility index (Phi) is 7.26. The second kappa shape index (κ2) is 9.76. The molecule has 0 aromatic carbocycles. The lowest BCUT2D eigenvalue weighted by Gasteiger charge is -2.10. The van der Waals surface area contributed by atoms with E-state index in [2.05, 4.69) is 25.3 Å². The van der Waals surface area contributed by atoms with E-state index in [0.29, 0.717) is 11.1 Å². The van der Waals surface area contributed by atoms with Crippen LogP contribution in [-0.4, -0.2) is 38.7 Å². The van der Waals surface area contributed by atoms with Gasteiger partial charge in [-0.1, -0.05) is 23.2 Å². The Hall–Kier alpha value is -2.83. The molecule has 3 aromatic rings.